The van der Waals surface area contributed by atoms with Crippen molar-refractivity contribution in [3.05, 3.63) is 0 Å². The average molecular weight is 187 g/mol. The van der Waals surface area contributed by atoms with E-state index in [-0.39, 0.29) is 12.5 Å². The number of carboxylic acids is 1. The van der Waals surface area contributed by atoms with Crippen LogP contribution in [0.25, 0.3) is 0 Å². The summed E-state index contributed by atoms with van der Waals surface area (Å²) >= 11 is 0. The van der Waals surface area contributed by atoms with Crippen LogP contribution in [0, 0.1) is 0 Å². The molecule has 1 aliphatic heterocycles. The Bertz CT molecular complexity index is 180. The van der Waals surface area contributed by atoms with Gasteiger partial charge in [0.15, 0.2) is 0 Å². The maximum atomic E-state index is 11.0. The highest BCUT2D eigenvalue weighted by Crippen LogP contribution is 2.09. The predicted molar refractivity (Wildman–Crippen MR) is 49.4 cm³/mol. The summed E-state index contributed by atoms with van der Waals surface area (Å²) in [7, 11) is 0. The van der Waals surface area contributed by atoms with Gasteiger partial charge in [0.1, 0.15) is 6.54 Å². The maximum absolute atomic E-state index is 11.0. The van der Waals surface area contributed by atoms with Crippen molar-refractivity contribution in [3.63, 3.8) is 0 Å². The van der Waals surface area contributed by atoms with Crippen LogP contribution in [0.5, 0.6) is 0 Å². The molecule has 1 aliphatic rings. The first-order chi connectivity index (χ1) is 6.20. The van der Waals surface area contributed by atoms with Gasteiger partial charge in [0.05, 0.1) is 0 Å². The fourth-order valence-corrected chi connectivity index (χ4v) is 1.19. The van der Waals surface area contributed by atoms with Crippen LogP contribution < -0.4 is 0 Å². The summed E-state index contributed by atoms with van der Waals surface area (Å²) in [6.07, 6.45) is 2.33. The Balaban J connectivity index is 0.000000671. The van der Waals surface area contributed by atoms with Crippen molar-refractivity contribution in [2.75, 3.05) is 13.1 Å². The zero-order valence-corrected chi connectivity index (χ0v) is 8.25. The normalized spacial score (nSPS) is 16.2. The van der Waals surface area contributed by atoms with Gasteiger partial charge in [0.2, 0.25) is 5.91 Å². The van der Waals surface area contributed by atoms with E-state index in [0.29, 0.717) is 13.0 Å². The number of aliphatic carboxylic acids is 1. The third-order valence-corrected chi connectivity index (χ3v) is 1.75. The molecule has 0 aromatic rings. The highest BCUT2D eigenvalue weighted by Gasteiger charge is 2.19. The van der Waals surface area contributed by atoms with Gasteiger partial charge in [-0.05, 0) is 12.8 Å². The standard InChI is InChI=1S/C7H11NO3.C2H6/c9-6-3-1-2-4-8(6)5-7(10)11;1-2/h1-5H2,(H,10,11);1-2H3. The van der Waals surface area contributed by atoms with Gasteiger partial charge < -0.3 is 10.0 Å². The van der Waals surface area contributed by atoms with Crippen LogP contribution in [0.3, 0.4) is 0 Å². The van der Waals surface area contributed by atoms with Gasteiger partial charge in [-0.3, -0.25) is 9.59 Å². The van der Waals surface area contributed by atoms with Crippen molar-refractivity contribution >= 4 is 11.9 Å². The summed E-state index contributed by atoms with van der Waals surface area (Å²) in [5, 5.41) is 8.39. The minimum Gasteiger partial charge on any atom is -0.480 e. The summed E-state index contributed by atoms with van der Waals surface area (Å²) in [4.78, 5) is 22.6. The molecule has 76 valence electrons. The summed E-state index contributed by atoms with van der Waals surface area (Å²) < 4.78 is 0. The van der Waals surface area contributed by atoms with E-state index in [1.807, 2.05) is 13.8 Å². The number of hydrogen-bond donors (Lipinski definition) is 1. The van der Waals surface area contributed by atoms with Crippen LogP contribution >= 0.6 is 0 Å². The fourth-order valence-electron chi connectivity index (χ4n) is 1.19. The molecule has 0 bridgehead atoms. The number of carboxylic acid groups (broad SMARTS) is 1. The first-order valence-electron chi connectivity index (χ1n) is 4.70. The van der Waals surface area contributed by atoms with Crippen molar-refractivity contribution in [3.8, 4) is 0 Å². The summed E-state index contributed by atoms with van der Waals surface area (Å²) in [5.74, 6) is -0.959. The lowest BCUT2D eigenvalue weighted by Crippen LogP contribution is -2.38. The van der Waals surface area contributed by atoms with Crippen LogP contribution in [0.4, 0.5) is 0 Å². The number of likely N-dealkylation sites (tertiary alicyclic amines) is 1. The van der Waals surface area contributed by atoms with E-state index in [4.69, 9.17) is 5.11 Å². The summed E-state index contributed by atoms with van der Waals surface area (Å²) in [6, 6.07) is 0. The van der Waals surface area contributed by atoms with Crippen LogP contribution in [-0.2, 0) is 9.59 Å². The largest absolute Gasteiger partial charge is 0.480 e. The van der Waals surface area contributed by atoms with Gasteiger partial charge >= 0.3 is 5.97 Å². The van der Waals surface area contributed by atoms with Crippen LogP contribution in [-0.4, -0.2) is 35.0 Å². The molecule has 1 rings (SSSR count). The molecule has 0 aromatic heterocycles. The first kappa shape index (κ1) is 11.9. The quantitative estimate of drug-likeness (QED) is 0.704. The molecule has 1 fully saturated rings. The lowest BCUT2D eigenvalue weighted by molar-refractivity contribution is -0.145. The Morgan fingerprint density at radius 3 is 2.54 bits per heavy atom. The molecule has 0 atom stereocenters. The Labute approximate surface area is 78.5 Å². The third-order valence-electron chi connectivity index (χ3n) is 1.75. The number of carbonyl (C=O) groups is 2. The molecule has 0 aromatic carbocycles. The van der Waals surface area contributed by atoms with Crippen LogP contribution in [0.1, 0.15) is 33.1 Å². The van der Waals surface area contributed by atoms with E-state index in [0.717, 1.165) is 12.8 Å². The fraction of sp³-hybridized carbons (Fsp3) is 0.778. The van der Waals surface area contributed by atoms with E-state index >= 15 is 0 Å². The highest BCUT2D eigenvalue weighted by molar-refractivity contribution is 5.81. The summed E-state index contributed by atoms with van der Waals surface area (Å²) in [5.41, 5.74) is 0. The lowest BCUT2D eigenvalue weighted by Gasteiger charge is -2.24. The number of rotatable bonds is 2. The van der Waals surface area contributed by atoms with Gasteiger partial charge in [-0.1, -0.05) is 13.8 Å². The second kappa shape index (κ2) is 6.46. The van der Waals surface area contributed by atoms with Crippen molar-refractivity contribution < 1.29 is 14.7 Å². The van der Waals surface area contributed by atoms with Gasteiger partial charge in [0, 0.05) is 13.0 Å². The molecule has 1 heterocycles. The molecular formula is C9H17NO3. The second-order valence-electron chi connectivity index (χ2n) is 2.67. The number of hydrogen-bond acceptors (Lipinski definition) is 2. The van der Waals surface area contributed by atoms with Crippen molar-refractivity contribution in [2.45, 2.75) is 33.1 Å². The molecule has 1 N–H and O–H groups in total. The molecule has 1 amide bonds. The minimum atomic E-state index is -0.930. The SMILES string of the molecule is CC.O=C(O)CN1CCCCC1=O. The topological polar surface area (TPSA) is 57.6 Å². The van der Waals surface area contributed by atoms with Gasteiger partial charge in [-0.25, -0.2) is 0 Å². The van der Waals surface area contributed by atoms with Crippen molar-refractivity contribution in [1.82, 2.24) is 4.90 Å². The highest BCUT2D eigenvalue weighted by atomic mass is 16.4. The van der Waals surface area contributed by atoms with Gasteiger partial charge in [0.25, 0.3) is 0 Å². The second-order valence-corrected chi connectivity index (χ2v) is 2.67. The lowest BCUT2D eigenvalue weighted by atomic mass is 10.1. The van der Waals surface area contributed by atoms with E-state index in [1.54, 1.807) is 0 Å². The van der Waals surface area contributed by atoms with Crippen molar-refractivity contribution in [2.24, 2.45) is 0 Å². The van der Waals surface area contributed by atoms with Crippen LogP contribution in [0.15, 0.2) is 0 Å². The zero-order valence-electron chi connectivity index (χ0n) is 8.25. The molecular weight excluding hydrogens is 170 g/mol. The Morgan fingerprint density at radius 1 is 1.46 bits per heavy atom. The molecule has 0 saturated carbocycles. The van der Waals surface area contributed by atoms with E-state index in [9.17, 15) is 9.59 Å². The van der Waals surface area contributed by atoms with E-state index in [2.05, 4.69) is 0 Å². The molecule has 0 radical (unpaired) electrons. The monoisotopic (exact) mass is 187 g/mol. The van der Waals surface area contributed by atoms with Crippen molar-refractivity contribution in [1.29, 1.82) is 0 Å². The molecule has 0 spiro atoms. The Kier molecular flexibility index (Phi) is 5.93. The number of nitrogens with zero attached hydrogens (tertiary/aromatic N) is 1. The Hall–Kier alpha value is -1.06. The molecule has 1 saturated heterocycles. The van der Waals surface area contributed by atoms with Crippen LogP contribution in [0.2, 0.25) is 0 Å². The molecule has 13 heavy (non-hydrogen) atoms. The smallest absolute Gasteiger partial charge is 0.323 e. The third kappa shape index (κ3) is 4.50. The molecule has 0 unspecified atom stereocenters. The maximum Gasteiger partial charge on any atom is 0.323 e. The number of amides is 1. The average Bonchev–Trinajstić information content (AvgIpc) is 2.12. The predicted octanol–water partition coefficient (Wildman–Crippen LogP) is 1.11. The summed E-state index contributed by atoms with van der Waals surface area (Å²) in [6.45, 7) is 4.46. The molecule has 4 nitrogen and oxygen atoms in total. The molecule has 0 aliphatic carbocycles. The van der Waals surface area contributed by atoms with E-state index in [1.165, 1.54) is 4.90 Å². The van der Waals surface area contributed by atoms with Gasteiger partial charge in [-0.2, -0.15) is 0 Å². The molecule has 4 heteroatoms. The minimum absolute atomic E-state index is 0.0290. The number of carbonyl (C=O) groups excluding carboxylic acids is 1. The van der Waals surface area contributed by atoms with Gasteiger partial charge in [-0.15, -0.1) is 0 Å². The first-order valence-corrected chi connectivity index (χ1v) is 4.70. The van der Waals surface area contributed by atoms with E-state index < -0.39 is 5.97 Å². The zero-order chi connectivity index (χ0) is 10.3. The Morgan fingerprint density at radius 2 is 2.08 bits per heavy atom. The number of piperidine rings is 1.